The van der Waals surface area contributed by atoms with E-state index in [1.54, 1.807) is 18.2 Å². The molecule has 2 aromatic rings. The monoisotopic (exact) mass is 412 g/mol. The van der Waals surface area contributed by atoms with Crippen LogP contribution in [-0.4, -0.2) is 0 Å². The highest BCUT2D eigenvalue weighted by atomic mass is 79.9. The average molecular weight is 414 g/mol. The highest BCUT2D eigenvalue weighted by molar-refractivity contribution is 9.10. The maximum Gasteiger partial charge on any atom is 0.133 e. The first-order valence-electron chi connectivity index (χ1n) is 5.13. The predicted octanol–water partition coefficient (Wildman–Crippen LogP) is 6.00. The van der Waals surface area contributed by atoms with Gasteiger partial charge in [-0.15, -0.1) is 0 Å². The number of hydrogen-bond acceptors (Lipinski definition) is 0. The molecule has 0 nitrogen and oxygen atoms in total. The number of halogens is 6. The summed E-state index contributed by atoms with van der Waals surface area (Å²) in [4.78, 5) is -0.761. The van der Waals surface area contributed by atoms with Crippen LogP contribution in [0.5, 0.6) is 0 Å². The Balaban J connectivity index is 2.52. The molecule has 0 spiro atoms. The van der Waals surface area contributed by atoms with Gasteiger partial charge in [0.1, 0.15) is 17.5 Å². The summed E-state index contributed by atoms with van der Waals surface area (Å²) in [7, 11) is 0. The number of hydrogen-bond donors (Lipinski definition) is 0. The van der Waals surface area contributed by atoms with Crippen molar-refractivity contribution >= 4 is 43.5 Å². The van der Waals surface area contributed by atoms with Gasteiger partial charge < -0.3 is 0 Å². The summed E-state index contributed by atoms with van der Waals surface area (Å²) >= 11 is 12.3. The van der Waals surface area contributed by atoms with E-state index in [1.165, 1.54) is 0 Å². The van der Waals surface area contributed by atoms with Crippen LogP contribution in [0.25, 0.3) is 0 Å². The molecule has 0 bridgehead atoms. The Morgan fingerprint density at radius 2 is 1.53 bits per heavy atom. The Kier molecular flexibility index (Phi) is 4.58. The third kappa shape index (κ3) is 3.33. The molecule has 0 fully saturated rings. The van der Waals surface area contributed by atoms with Crippen molar-refractivity contribution in [2.24, 2.45) is 0 Å². The van der Waals surface area contributed by atoms with E-state index in [1.807, 2.05) is 0 Å². The largest absolute Gasteiger partial charge is 0.207 e. The molecule has 1 unspecified atom stereocenters. The third-order valence-electron chi connectivity index (χ3n) is 2.47. The molecule has 0 heterocycles. The molecule has 0 aliphatic heterocycles. The maximum absolute atomic E-state index is 13.7. The lowest BCUT2D eigenvalue weighted by Gasteiger charge is -2.14. The van der Waals surface area contributed by atoms with Crippen LogP contribution in [0.2, 0.25) is 5.02 Å². The van der Waals surface area contributed by atoms with E-state index in [-0.39, 0.29) is 5.56 Å². The first-order chi connectivity index (χ1) is 8.88. The van der Waals surface area contributed by atoms with Crippen LogP contribution < -0.4 is 0 Å². The molecular formula is C13H6Br2ClF3. The van der Waals surface area contributed by atoms with Crippen molar-refractivity contribution in [2.75, 3.05) is 0 Å². The Labute approximate surface area is 129 Å². The Bertz CT molecular complexity index is 588. The first kappa shape index (κ1) is 14.9. The molecule has 0 aliphatic carbocycles. The van der Waals surface area contributed by atoms with Crippen molar-refractivity contribution < 1.29 is 13.2 Å². The van der Waals surface area contributed by atoms with Gasteiger partial charge >= 0.3 is 0 Å². The minimum absolute atomic E-state index is 0.254. The lowest BCUT2D eigenvalue weighted by atomic mass is 10.0. The summed E-state index contributed by atoms with van der Waals surface area (Å²) in [6.07, 6.45) is 0. The van der Waals surface area contributed by atoms with E-state index >= 15 is 0 Å². The summed E-state index contributed by atoms with van der Waals surface area (Å²) in [5.41, 5.74) is 0.305. The number of alkyl halides is 1. The minimum Gasteiger partial charge on any atom is -0.207 e. The lowest BCUT2D eigenvalue weighted by molar-refractivity contribution is 0.527. The van der Waals surface area contributed by atoms with E-state index in [0.29, 0.717) is 27.2 Å². The Morgan fingerprint density at radius 3 is 2.05 bits per heavy atom. The smallest absolute Gasteiger partial charge is 0.133 e. The SMILES string of the molecule is Fc1cc(F)c(C(Br)c2cc(Cl)cc(Br)c2)c(F)c1. The van der Waals surface area contributed by atoms with Gasteiger partial charge in [0.15, 0.2) is 0 Å². The van der Waals surface area contributed by atoms with E-state index < -0.39 is 22.3 Å². The Hall–Kier alpha value is -0.520. The molecule has 0 saturated heterocycles. The summed E-state index contributed by atoms with van der Waals surface area (Å²) in [5.74, 6) is -2.85. The molecule has 100 valence electrons. The van der Waals surface area contributed by atoms with Crippen molar-refractivity contribution in [3.8, 4) is 0 Å². The summed E-state index contributed by atoms with van der Waals surface area (Å²) in [6.45, 7) is 0. The van der Waals surface area contributed by atoms with E-state index in [0.717, 1.165) is 0 Å². The van der Waals surface area contributed by atoms with Crippen LogP contribution in [0.15, 0.2) is 34.8 Å². The van der Waals surface area contributed by atoms with Crippen molar-refractivity contribution in [1.82, 2.24) is 0 Å². The van der Waals surface area contributed by atoms with Crippen molar-refractivity contribution in [3.05, 3.63) is 68.4 Å². The van der Waals surface area contributed by atoms with Crippen LogP contribution in [0.4, 0.5) is 13.2 Å². The lowest BCUT2D eigenvalue weighted by Crippen LogP contribution is -2.02. The van der Waals surface area contributed by atoms with Crippen LogP contribution in [-0.2, 0) is 0 Å². The predicted molar refractivity (Wildman–Crippen MR) is 76.2 cm³/mol. The third-order valence-corrected chi connectivity index (χ3v) is 4.14. The molecule has 0 radical (unpaired) electrons. The van der Waals surface area contributed by atoms with Gasteiger partial charge in [0.05, 0.1) is 4.83 Å². The van der Waals surface area contributed by atoms with E-state index in [4.69, 9.17) is 11.6 Å². The molecule has 0 N–H and O–H groups in total. The van der Waals surface area contributed by atoms with Gasteiger partial charge in [-0.1, -0.05) is 43.5 Å². The van der Waals surface area contributed by atoms with Gasteiger partial charge in [-0.2, -0.15) is 0 Å². The average Bonchev–Trinajstić information content (AvgIpc) is 2.25. The fourth-order valence-corrected chi connectivity index (χ4v) is 3.27. The van der Waals surface area contributed by atoms with Crippen LogP contribution in [0, 0.1) is 17.5 Å². The molecule has 0 saturated carbocycles. The highest BCUT2D eigenvalue weighted by Gasteiger charge is 2.21. The van der Waals surface area contributed by atoms with E-state index in [9.17, 15) is 13.2 Å². The van der Waals surface area contributed by atoms with Gasteiger partial charge in [0.2, 0.25) is 0 Å². The van der Waals surface area contributed by atoms with Crippen LogP contribution in [0.1, 0.15) is 16.0 Å². The van der Waals surface area contributed by atoms with Gasteiger partial charge in [-0.3, -0.25) is 0 Å². The standard InChI is InChI=1S/C13H6Br2ClF3/c14-7-1-6(2-8(16)3-7)13(15)12-10(18)4-9(17)5-11(12)19/h1-5,13H. The zero-order chi connectivity index (χ0) is 14.2. The first-order valence-corrected chi connectivity index (χ1v) is 7.21. The second-order valence-electron chi connectivity index (χ2n) is 3.85. The fourth-order valence-electron chi connectivity index (χ4n) is 1.68. The molecule has 1 atom stereocenters. The fraction of sp³-hybridized carbons (Fsp3) is 0.0769. The van der Waals surface area contributed by atoms with Gasteiger partial charge in [0.25, 0.3) is 0 Å². The van der Waals surface area contributed by atoms with Crippen molar-refractivity contribution in [1.29, 1.82) is 0 Å². The minimum atomic E-state index is -0.953. The zero-order valence-electron chi connectivity index (χ0n) is 9.23. The van der Waals surface area contributed by atoms with Crippen molar-refractivity contribution in [2.45, 2.75) is 4.83 Å². The maximum atomic E-state index is 13.7. The molecular weight excluding hydrogens is 408 g/mol. The van der Waals surface area contributed by atoms with Gasteiger partial charge in [-0.05, 0) is 23.8 Å². The second-order valence-corrected chi connectivity index (χ2v) is 6.12. The van der Waals surface area contributed by atoms with E-state index in [2.05, 4.69) is 31.9 Å². The van der Waals surface area contributed by atoms with Crippen LogP contribution >= 0.6 is 43.5 Å². The molecule has 2 rings (SSSR count). The molecule has 2 aromatic carbocycles. The van der Waals surface area contributed by atoms with Gasteiger partial charge in [0, 0.05) is 27.2 Å². The molecule has 0 aromatic heterocycles. The quantitative estimate of drug-likeness (QED) is 0.529. The summed E-state index contributed by atoms with van der Waals surface area (Å²) < 4.78 is 40.9. The van der Waals surface area contributed by atoms with Crippen LogP contribution in [0.3, 0.4) is 0 Å². The molecule has 0 amide bonds. The molecule has 0 aliphatic rings. The molecule has 6 heteroatoms. The van der Waals surface area contributed by atoms with Gasteiger partial charge in [-0.25, -0.2) is 13.2 Å². The number of rotatable bonds is 2. The highest BCUT2D eigenvalue weighted by Crippen LogP contribution is 2.36. The number of benzene rings is 2. The van der Waals surface area contributed by atoms with Crippen molar-refractivity contribution in [3.63, 3.8) is 0 Å². The Morgan fingerprint density at radius 1 is 0.947 bits per heavy atom. The topological polar surface area (TPSA) is 0 Å². The summed E-state index contributed by atoms with van der Waals surface area (Å²) in [5, 5.41) is 0.428. The normalized spacial score (nSPS) is 12.5. The second kappa shape index (κ2) is 5.85. The zero-order valence-corrected chi connectivity index (χ0v) is 13.2. The summed E-state index contributed by atoms with van der Waals surface area (Å²) in [6, 6.07) is 6.20. The molecule has 19 heavy (non-hydrogen) atoms.